The second kappa shape index (κ2) is 9.45. The van der Waals surface area contributed by atoms with E-state index in [1.807, 2.05) is 24.3 Å². The molecule has 0 saturated heterocycles. The van der Waals surface area contributed by atoms with Crippen LogP contribution in [0.15, 0.2) is 42.5 Å². The SMILES string of the molecule is NC(COCCOCC(=O)O)C(=O)OCc1cccc2c1Cc1ccccc1-2. The van der Waals surface area contributed by atoms with Gasteiger partial charge in [-0.25, -0.2) is 4.79 Å². The zero-order chi connectivity index (χ0) is 19.9. The smallest absolute Gasteiger partial charge is 0.329 e. The Morgan fingerprint density at radius 3 is 2.61 bits per heavy atom. The topological polar surface area (TPSA) is 108 Å². The molecule has 3 N–H and O–H groups in total. The van der Waals surface area contributed by atoms with Gasteiger partial charge in [-0.15, -0.1) is 0 Å². The maximum absolute atomic E-state index is 12.1. The Morgan fingerprint density at radius 1 is 1.04 bits per heavy atom. The third-order valence-electron chi connectivity index (χ3n) is 4.52. The summed E-state index contributed by atoms with van der Waals surface area (Å²) in [6.07, 6.45) is 0.824. The van der Waals surface area contributed by atoms with Crippen molar-refractivity contribution in [3.63, 3.8) is 0 Å². The van der Waals surface area contributed by atoms with Crippen LogP contribution in [-0.4, -0.2) is 49.5 Å². The maximum Gasteiger partial charge on any atom is 0.329 e. The van der Waals surface area contributed by atoms with Crippen molar-refractivity contribution in [2.24, 2.45) is 5.73 Å². The Bertz CT molecular complexity index is 851. The normalized spacial score (nSPS) is 12.9. The molecule has 0 heterocycles. The van der Waals surface area contributed by atoms with Crippen LogP contribution in [0, 0.1) is 0 Å². The number of hydrogen-bond acceptors (Lipinski definition) is 6. The van der Waals surface area contributed by atoms with Gasteiger partial charge in [-0.3, -0.25) is 4.79 Å². The lowest BCUT2D eigenvalue weighted by Crippen LogP contribution is -2.37. The summed E-state index contributed by atoms with van der Waals surface area (Å²) in [7, 11) is 0. The molecule has 2 aromatic carbocycles. The third kappa shape index (κ3) is 4.95. The fourth-order valence-electron chi connectivity index (χ4n) is 3.17. The predicted octanol–water partition coefficient (Wildman–Crippen LogP) is 1.75. The summed E-state index contributed by atoms with van der Waals surface area (Å²) in [6.45, 7) is 0.0191. The predicted molar refractivity (Wildman–Crippen MR) is 102 cm³/mol. The van der Waals surface area contributed by atoms with E-state index in [1.54, 1.807) is 0 Å². The minimum atomic E-state index is -1.05. The molecule has 7 heteroatoms. The van der Waals surface area contributed by atoms with Gasteiger partial charge in [0.2, 0.25) is 0 Å². The molecule has 3 rings (SSSR count). The molecule has 0 bridgehead atoms. The van der Waals surface area contributed by atoms with E-state index < -0.39 is 18.0 Å². The largest absolute Gasteiger partial charge is 0.480 e. The summed E-state index contributed by atoms with van der Waals surface area (Å²) in [5.74, 6) is -1.59. The van der Waals surface area contributed by atoms with Gasteiger partial charge in [0.05, 0.1) is 19.8 Å². The Morgan fingerprint density at radius 2 is 1.79 bits per heavy atom. The molecule has 0 spiro atoms. The number of carbonyl (C=O) groups excluding carboxylic acids is 1. The molecule has 148 valence electrons. The van der Waals surface area contributed by atoms with Crippen LogP contribution in [0.25, 0.3) is 11.1 Å². The Labute approximate surface area is 163 Å². The van der Waals surface area contributed by atoms with E-state index in [2.05, 4.69) is 18.2 Å². The number of esters is 1. The van der Waals surface area contributed by atoms with Crippen LogP contribution in [0.4, 0.5) is 0 Å². The van der Waals surface area contributed by atoms with Crippen LogP contribution in [0.2, 0.25) is 0 Å². The number of nitrogens with two attached hydrogens (primary N) is 1. The van der Waals surface area contributed by atoms with E-state index in [1.165, 1.54) is 22.3 Å². The highest BCUT2D eigenvalue weighted by molar-refractivity contribution is 5.78. The highest BCUT2D eigenvalue weighted by Crippen LogP contribution is 2.38. The Balaban J connectivity index is 1.46. The van der Waals surface area contributed by atoms with Crippen molar-refractivity contribution < 1.29 is 28.9 Å². The van der Waals surface area contributed by atoms with E-state index in [9.17, 15) is 9.59 Å². The van der Waals surface area contributed by atoms with E-state index >= 15 is 0 Å². The lowest BCUT2D eigenvalue weighted by molar-refractivity contribution is -0.148. The molecule has 1 atom stereocenters. The van der Waals surface area contributed by atoms with Crippen molar-refractivity contribution in [1.29, 1.82) is 0 Å². The number of benzene rings is 2. The minimum absolute atomic E-state index is 0.0202. The first kappa shape index (κ1) is 20.0. The molecular formula is C21H23NO6. The summed E-state index contributed by atoms with van der Waals surface area (Å²) >= 11 is 0. The number of aliphatic carboxylic acids is 1. The van der Waals surface area contributed by atoms with E-state index in [-0.39, 0.29) is 33.0 Å². The average Bonchev–Trinajstić information content (AvgIpc) is 3.07. The number of ether oxygens (including phenoxy) is 3. The second-order valence-corrected chi connectivity index (χ2v) is 6.51. The number of carbonyl (C=O) groups is 2. The van der Waals surface area contributed by atoms with Crippen molar-refractivity contribution >= 4 is 11.9 Å². The first-order chi connectivity index (χ1) is 13.6. The highest BCUT2D eigenvalue weighted by atomic mass is 16.5. The summed E-state index contributed by atoms with van der Waals surface area (Å²) in [5.41, 5.74) is 11.6. The number of carboxylic acid groups (broad SMARTS) is 1. The fraction of sp³-hybridized carbons (Fsp3) is 0.333. The molecular weight excluding hydrogens is 362 g/mol. The molecule has 1 aliphatic carbocycles. The molecule has 0 saturated carbocycles. The van der Waals surface area contributed by atoms with Gasteiger partial charge in [-0.1, -0.05) is 42.5 Å². The third-order valence-corrected chi connectivity index (χ3v) is 4.52. The van der Waals surface area contributed by atoms with Crippen LogP contribution in [-0.2, 0) is 36.8 Å². The van der Waals surface area contributed by atoms with Gasteiger partial charge in [0.25, 0.3) is 0 Å². The molecule has 0 amide bonds. The van der Waals surface area contributed by atoms with Crippen molar-refractivity contribution in [2.45, 2.75) is 19.1 Å². The van der Waals surface area contributed by atoms with Crippen molar-refractivity contribution in [3.8, 4) is 11.1 Å². The zero-order valence-electron chi connectivity index (χ0n) is 15.4. The minimum Gasteiger partial charge on any atom is -0.480 e. The molecule has 7 nitrogen and oxygen atoms in total. The molecule has 0 aliphatic heterocycles. The highest BCUT2D eigenvalue weighted by Gasteiger charge is 2.22. The van der Waals surface area contributed by atoms with Crippen LogP contribution in [0.5, 0.6) is 0 Å². The first-order valence-corrected chi connectivity index (χ1v) is 9.05. The lowest BCUT2D eigenvalue weighted by atomic mass is 10.0. The second-order valence-electron chi connectivity index (χ2n) is 6.51. The van der Waals surface area contributed by atoms with Gasteiger partial charge in [-0.2, -0.15) is 0 Å². The number of hydrogen-bond donors (Lipinski definition) is 2. The van der Waals surface area contributed by atoms with Crippen LogP contribution < -0.4 is 5.73 Å². The Kier molecular flexibility index (Phi) is 6.76. The number of rotatable bonds is 10. The fourth-order valence-corrected chi connectivity index (χ4v) is 3.17. The van der Waals surface area contributed by atoms with Gasteiger partial charge in [0, 0.05) is 0 Å². The molecule has 28 heavy (non-hydrogen) atoms. The quantitative estimate of drug-likeness (QED) is 0.404. The molecule has 2 aromatic rings. The number of carboxylic acids is 1. The van der Waals surface area contributed by atoms with Crippen LogP contribution in [0.1, 0.15) is 16.7 Å². The molecule has 1 unspecified atom stereocenters. The summed E-state index contributed by atoms with van der Waals surface area (Å²) < 4.78 is 15.4. The van der Waals surface area contributed by atoms with Gasteiger partial charge in [0.15, 0.2) is 0 Å². The molecule has 1 aliphatic rings. The van der Waals surface area contributed by atoms with E-state index in [4.69, 9.17) is 25.1 Å². The van der Waals surface area contributed by atoms with Gasteiger partial charge in [-0.05, 0) is 34.2 Å². The van der Waals surface area contributed by atoms with Crippen LogP contribution in [0.3, 0.4) is 0 Å². The lowest BCUT2D eigenvalue weighted by Gasteiger charge is -2.14. The van der Waals surface area contributed by atoms with E-state index in [0.29, 0.717) is 0 Å². The summed E-state index contributed by atoms with van der Waals surface area (Å²) in [6, 6.07) is 13.3. The molecule has 0 aromatic heterocycles. The standard InChI is InChI=1S/C21H23NO6/c22-19(12-26-8-9-27-13-20(23)24)21(25)28-11-15-5-3-7-17-16-6-2-1-4-14(16)10-18(15)17/h1-7,19H,8-13,22H2,(H,23,24). The monoisotopic (exact) mass is 385 g/mol. The van der Waals surface area contributed by atoms with Crippen molar-refractivity contribution in [3.05, 3.63) is 59.2 Å². The molecule has 0 fully saturated rings. The number of fused-ring (bicyclic) bond motifs is 3. The summed E-state index contributed by atoms with van der Waals surface area (Å²) in [4.78, 5) is 22.4. The van der Waals surface area contributed by atoms with Crippen molar-refractivity contribution in [1.82, 2.24) is 0 Å². The van der Waals surface area contributed by atoms with Gasteiger partial charge < -0.3 is 25.1 Å². The zero-order valence-corrected chi connectivity index (χ0v) is 15.4. The Hall–Kier alpha value is -2.74. The van der Waals surface area contributed by atoms with Gasteiger partial charge >= 0.3 is 11.9 Å². The average molecular weight is 385 g/mol. The first-order valence-electron chi connectivity index (χ1n) is 9.05. The van der Waals surface area contributed by atoms with Gasteiger partial charge in [0.1, 0.15) is 19.3 Å². The summed E-state index contributed by atoms with van der Waals surface area (Å²) in [5, 5.41) is 8.45. The van der Waals surface area contributed by atoms with Crippen LogP contribution >= 0.6 is 0 Å². The van der Waals surface area contributed by atoms with E-state index in [0.717, 1.165) is 12.0 Å². The molecule has 0 radical (unpaired) electrons. The van der Waals surface area contributed by atoms with Crippen molar-refractivity contribution in [2.75, 3.05) is 26.4 Å². The maximum atomic E-state index is 12.1.